The summed E-state index contributed by atoms with van der Waals surface area (Å²) in [6.45, 7) is 10.2. The summed E-state index contributed by atoms with van der Waals surface area (Å²) in [4.78, 5) is 10.7. The highest BCUT2D eigenvalue weighted by Crippen LogP contribution is 2.10. The van der Waals surface area contributed by atoms with Crippen LogP contribution in [0.2, 0.25) is 0 Å². The van der Waals surface area contributed by atoms with Gasteiger partial charge in [-0.1, -0.05) is 39.3 Å². The molecule has 0 aliphatic heterocycles. The van der Waals surface area contributed by atoms with Gasteiger partial charge in [0.15, 0.2) is 0 Å². The fourth-order valence-corrected chi connectivity index (χ4v) is 1.55. The Kier molecular flexibility index (Phi) is 10.9. The number of benzene rings is 1. The minimum Gasteiger partial charge on any atom is -0.326 e. The van der Waals surface area contributed by atoms with E-state index in [1.807, 2.05) is 24.3 Å². The average molecular weight is 264 g/mol. The maximum absolute atomic E-state index is 10.7. The number of hydrogen-bond donors (Lipinski definition) is 2. The molecule has 0 saturated heterocycles. The van der Waals surface area contributed by atoms with Crippen LogP contribution in [0, 0.1) is 0 Å². The van der Waals surface area contributed by atoms with Crippen LogP contribution in [0.25, 0.3) is 0 Å². The molecule has 1 aromatic carbocycles. The van der Waals surface area contributed by atoms with Gasteiger partial charge in [-0.25, -0.2) is 0 Å². The van der Waals surface area contributed by atoms with Gasteiger partial charge < -0.3 is 10.6 Å². The van der Waals surface area contributed by atoms with Crippen LogP contribution in [-0.2, 0) is 11.2 Å². The molecule has 19 heavy (non-hydrogen) atoms. The molecular formula is C16H28N2O. The van der Waals surface area contributed by atoms with Crippen LogP contribution in [0.3, 0.4) is 0 Å². The van der Waals surface area contributed by atoms with Gasteiger partial charge in [0.25, 0.3) is 0 Å². The maximum atomic E-state index is 10.7. The van der Waals surface area contributed by atoms with Gasteiger partial charge in [0.1, 0.15) is 0 Å². The van der Waals surface area contributed by atoms with Gasteiger partial charge in [0, 0.05) is 12.6 Å². The lowest BCUT2D eigenvalue weighted by Crippen LogP contribution is -2.13. The van der Waals surface area contributed by atoms with Gasteiger partial charge in [0.2, 0.25) is 5.91 Å². The van der Waals surface area contributed by atoms with E-state index in [1.165, 1.54) is 31.9 Å². The van der Waals surface area contributed by atoms with E-state index in [0.29, 0.717) is 0 Å². The number of rotatable bonds is 6. The number of amides is 1. The molecule has 2 N–H and O–H groups in total. The average Bonchev–Trinajstić information content (AvgIpc) is 2.39. The first kappa shape index (κ1) is 17.6. The number of aryl methyl sites for hydroxylation is 1. The minimum absolute atomic E-state index is 0.0248. The van der Waals surface area contributed by atoms with Crippen LogP contribution in [0.15, 0.2) is 24.3 Å². The van der Waals surface area contributed by atoms with Crippen LogP contribution >= 0.6 is 0 Å². The van der Waals surface area contributed by atoms with Gasteiger partial charge >= 0.3 is 0 Å². The van der Waals surface area contributed by atoms with Crippen molar-refractivity contribution < 1.29 is 4.79 Å². The van der Waals surface area contributed by atoms with Crippen molar-refractivity contribution in [1.82, 2.24) is 5.32 Å². The van der Waals surface area contributed by atoms with Crippen molar-refractivity contribution in [2.24, 2.45) is 0 Å². The first-order valence-electron chi connectivity index (χ1n) is 7.21. The van der Waals surface area contributed by atoms with Crippen LogP contribution in [0.1, 0.15) is 46.1 Å². The van der Waals surface area contributed by atoms with Crippen molar-refractivity contribution in [1.29, 1.82) is 0 Å². The quantitative estimate of drug-likeness (QED) is 0.771. The molecule has 3 heteroatoms. The summed E-state index contributed by atoms with van der Waals surface area (Å²) in [6.07, 6.45) is 3.61. The zero-order valence-corrected chi connectivity index (χ0v) is 12.8. The highest BCUT2D eigenvalue weighted by atomic mass is 16.1. The second-order valence-corrected chi connectivity index (χ2v) is 4.44. The Hall–Kier alpha value is -1.35. The summed E-state index contributed by atoms with van der Waals surface area (Å²) in [6, 6.07) is 7.87. The lowest BCUT2D eigenvalue weighted by atomic mass is 10.1. The monoisotopic (exact) mass is 264 g/mol. The molecule has 1 amide bonds. The normalized spacial score (nSPS) is 9.47. The molecule has 0 atom stereocenters. The first-order chi connectivity index (χ1) is 9.13. The Labute approximate surface area is 117 Å². The molecule has 3 nitrogen and oxygen atoms in total. The van der Waals surface area contributed by atoms with E-state index >= 15 is 0 Å². The van der Waals surface area contributed by atoms with Crippen molar-refractivity contribution in [3.8, 4) is 0 Å². The summed E-state index contributed by atoms with van der Waals surface area (Å²) in [7, 11) is 0. The summed E-state index contributed by atoms with van der Waals surface area (Å²) >= 11 is 0. The third-order valence-corrected chi connectivity index (χ3v) is 2.61. The molecule has 0 radical (unpaired) electrons. The Morgan fingerprint density at radius 2 is 1.95 bits per heavy atom. The Bertz CT molecular complexity index is 346. The fourth-order valence-electron chi connectivity index (χ4n) is 1.55. The first-order valence-corrected chi connectivity index (χ1v) is 7.21. The van der Waals surface area contributed by atoms with Gasteiger partial charge in [-0.15, -0.1) is 0 Å². The van der Waals surface area contributed by atoms with E-state index in [4.69, 9.17) is 0 Å². The molecule has 0 saturated carbocycles. The SMILES string of the molecule is CCCCNCC.CCc1cccc(NC(C)=O)c1. The van der Waals surface area contributed by atoms with Gasteiger partial charge in [-0.2, -0.15) is 0 Å². The van der Waals surface area contributed by atoms with Crippen molar-refractivity contribution in [2.75, 3.05) is 18.4 Å². The van der Waals surface area contributed by atoms with Crippen LogP contribution in [0.4, 0.5) is 5.69 Å². The Balaban J connectivity index is 0.000000399. The highest BCUT2D eigenvalue weighted by Gasteiger charge is 1.95. The Morgan fingerprint density at radius 3 is 2.47 bits per heavy atom. The summed E-state index contributed by atoms with van der Waals surface area (Å²) in [5.41, 5.74) is 2.11. The van der Waals surface area contributed by atoms with E-state index in [1.54, 1.807) is 0 Å². The molecule has 0 bridgehead atoms. The van der Waals surface area contributed by atoms with E-state index in [-0.39, 0.29) is 5.91 Å². The molecule has 0 fully saturated rings. The van der Waals surface area contributed by atoms with Crippen molar-refractivity contribution in [3.05, 3.63) is 29.8 Å². The van der Waals surface area contributed by atoms with E-state index in [2.05, 4.69) is 31.4 Å². The zero-order chi connectivity index (χ0) is 14.5. The van der Waals surface area contributed by atoms with E-state index in [9.17, 15) is 4.79 Å². The third kappa shape index (κ3) is 10.3. The summed E-state index contributed by atoms with van der Waals surface area (Å²) in [5, 5.41) is 5.99. The number of unbranched alkanes of at least 4 members (excludes halogenated alkanes) is 1. The van der Waals surface area contributed by atoms with Crippen molar-refractivity contribution in [2.45, 2.75) is 47.0 Å². The fraction of sp³-hybridized carbons (Fsp3) is 0.562. The zero-order valence-electron chi connectivity index (χ0n) is 12.8. The summed E-state index contributed by atoms with van der Waals surface area (Å²) < 4.78 is 0. The second kappa shape index (κ2) is 11.7. The van der Waals surface area contributed by atoms with Gasteiger partial charge in [-0.05, 0) is 43.6 Å². The lowest BCUT2D eigenvalue weighted by Gasteiger charge is -2.02. The standard InChI is InChI=1S/C10H13NO.C6H15N/c1-3-9-5-4-6-10(7-9)11-8(2)12;1-3-5-6-7-4-2/h4-7H,3H2,1-2H3,(H,11,12);7H,3-6H2,1-2H3. The number of anilines is 1. The third-order valence-electron chi connectivity index (χ3n) is 2.61. The molecule has 1 rings (SSSR count). The topological polar surface area (TPSA) is 41.1 Å². The van der Waals surface area contributed by atoms with Crippen LogP contribution in [0.5, 0.6) is 0 Å². The largest absolute Gasteiger partial charge is 0.326 e. The number of carbonyl (C=O) groups is 1. The molecule has 1 aromatic rings. The van der Waals surface area contributed by atoms with Gasteiger partial charge in [0.05, 0.1) is 0 Å². The van der Waals surface area contributed by atoms with E-state index < -0.39 is 0 Å². The lowest BCUT2D eigenvalue weighted by molar-refractivity contribution is -0.114. The molecule has 108 valence electrons. The van der Waals surface area contributed by atoms with Crippen LogP contribution < -0.4 is 10.6 Å². The van der Waals surface area contributed by atoms with Crippen molar-refractivity contribution in [3.63, 3.8) is 0 Å². The van der Waals surface area contributed by atoms with Crippen molar-refractivity contribution >= 4 is 11.6 Å². The molecular weight excluding hydrogens is 236 g/mol. The smallest absolute Gasteiger partial charge is 0.221 e. The molecule has 0 spiro atoms. The van der Waals surface area contributed by atoms with Gasteiger partial charge in [-0.3, -0.25) is 4.79 Å². The van der Waals surface area contributed by atoms with Crippen LogP contribution in [-0.4, -0.2) is 19.0 Å². The number of nitrogens with one attached hydrogen (secondary N) is 2. The summed E-state index contributed by atoms with van der Waals surface area (Å²) in [5.74, 6) is -0.0248. The molecule has 0 aliphatic rings. The van der Waals surface area contributed by atoms with E-state index in [0.717, 1.165) is 18.7 Å². The molecule has 0 aliphatic carbocycles. The predicted octanol–water partition coefficient (Wildman–Crippen LogP) is 3.60. The second-order valence-electron chi connectivity index (χ2n) is 4.44. The number of hydrogen-bond acceptors (Lipinski definition) is 2. The molecule has 0 aromatic heterocycles. The Morgan fingerprint density at radius 1 is 1.21 bits per heavy atom. The predicted molar refractivity (Wildman–Crippen MR) is 83.6 cm³/mol. The minimum atomic E-state index is -0.0248. The highest BCUT2D eigenvalue weighted by molar-refractivity contribution is 5.88. The number of carbonyl (C=O) groups excluding carboxylic acids is 1. The molecule has 0 heterocycles. The maximum Gasteiger partial charge on any atom is 0.221 e. The molecule has 0 unspecified atom stereocenters.